The molecule has 1 fully saturated rings. The molecule has 4 nitrogen and oxygen atoms in total. The van der Waals surface area contributed by atoms with Crippen LogP contribution < -0.4 is 0 Å². The van der Waals surface area contributed by atoms with Gasteiger partial charge < -0.3 is 4.74 Å². The van der Waals surface area contributed by atoms with E-state index in [9.17, 15) is 8.42 Å². The Bertz CT molecular complexity index is 532. The second-order valence-corrected chi connectivity index (χ2v) is 6.99. The van der Waals surface area contributed by atoms with Crippen LogP contribution in [0.2, 0.25) is 0 Å². The summed E-state index contributed by atoms with van der Waals surface area (Å²) in [6, 6.07) is 7.39. The Morgan fingerprint density at radius 3 is 2.84 bits per heavy atom. The van der Waals surface area contributed by atoms with Gasteiger partial charge in [-0.1, -0.05) is 24.3 Å². The summed E-state index contributed by atoms with van der Waals surface area (Å²) in [5.74, 6) is 0.410. The van der Waals surface area contributed by atoms with Gasteiger partial charge >= 0.3 is 0 Å². The van der Waals surface area contributed by atoms with Crippen molar-refractivity contribution in [3.8, 4) is 0 Å². The largest absolute Gasteiger partial charge is 0.376 e. The van der Waals surface area contributed by atoms with Crippen LogP contribution in [0.15, 0.2) is 24.3 Å². The number of alkyl halides is 1. The Labute approximate surface area is 119 Å². The van der Waals surface area contributed by atoms with Gasteiger partial charge in [-0.2, -0.15) is 4.31 Å². The highest BCUT2D eigenvalue weighted by molar-refractivity contribution is 7.88. The first-order chi connectivity index (χ1) is 9.01. The number of hydrogen-bond donors (Lipinski definition) is 0. The van der Waals surface area contributed by atoms with Crippen LogP contribution in [0, 0.1) is 0 Å². The molecule has 1 saturated heterocycles. The van der Waals surface area contributed by atoms with E-state index in [2.05, 4.69) is 0 Å². The van der Waals surface area contributed by atoms with Crippen molar-refractivity contribution in [1.29, 1.82) is 0 Å². The second-order valence-electron chi connectivity index (χ2n) is 4.75. The summed E-state index contributed by atoms with van der Waals surface area (Å²) in [5.41, 5.74) is 1.71. The fourth-order valence-corrected chi connectivity index (χ4v) is 3.88. The van der Waals surface area contributed by atoms with Gasteiger partial charge in [-0.15, -0.1) is 11.6 Å². The van der Waals surface area contributed by atoms with Gasteiger partial charge in [0.25, 0.3) is 0 Å². The molecular formula is C13H18ClNO3S. The van der Waals surface area contributed by atoms with Gasteiger partial charge in [0.15, 0.2) is 0 Å². The molecule has 1 aromatic rings. The summed E-state index contributed by atoms with van der Waals surface area (Å²) >= 11 is 5.76. The molecule has 1 heterocycles. The summed E-state index contributed by atoms with van der Waals surface area (Å²) in [7, 11) is -3.28. The van der Waals surface area contributed by atoms with E-state index in [-0.39, 0.29) is 11.9 Å². The number of benzene rings is 1. The van der Waals surface area contributed by atoms with Crippen LogP contribution in [0.5, 0.6) is 0 Å². The maximum atomic E-state index is 12.3. The summed E-state index contributed by atoms with van der Waals surface area (Å²) < 4.78 is 31.5. The molecule has 6 heteroatoms. The quantitative estimate of drug-likeness (QED) is 0.799. The van der Waals surface area contributed by atoms with Crippen molar-refractivity contribution in [2.24, 2.45) is 0 Å². The highest BCUT2D eigenvalue weighted by Gasteiger charge is 2.27. The molecule has 0 aliphatic carbocycles. The highest BCUT2D eigenvalue weighted by atomic mass is 35.5. The number of nitrogens with zero attached hydrogens (tertiary/aromatic N) is 1. The molecule has 0 N–H and O–H groups in total. The van der Waals surface area contributed by atoms with Crippen molar-refractivity contribution in [3.05, 3.63) is 35.4 Å². The monoisotopic (exact) mass is 303 g/mol. The van der Waals surface area contributed by atoms with Crippen LogP contribution in [0.25, 0.3) is 0 Å². The Kier molecular flexibility index (Phi) is 4.84. The number of hydrogen-bond acceptors (Lipinski definition) is 3. The number of rotatable bonds is 4. The summed E-state index contributed by atoms with van der Waals surface area (Å²) in [4.78, 5) is 0. The average Bonchev–Trinajstić information content (AvgIpc) is 2.38. The number of sulfonamides is 1. The first-order valence-corrected chi connectivity index (χ1v) is 8.39. The van der Waals surface area contributed by atoms with E-state index >= 15 is 0 Å². The van der Waals surface area contributed by atoms with E-state index in [0.29, 0.717) is 25.6 Å². The number of halogens is 1. The summed E-state index contributed by atoms with van der Waals surface area (Å²) in [6.07, 6.45) is -0.0438. The van der Waals surface area contributed by atoms with Crippen LogP contribution >= 0.6 is 11.6 Å². The molecule has 0 spiro atoms. The van der Waals surface area contributed by atoms with Gasteiger partial charge in [0.1, 0.15) is 0 Å². The maximum Gasteiger partial charge on any atom is 0.218 e. The Hall–Kier alpha value is -0.620. The van der Waals surface area contributed by atoms with Crippen molar-refractivity contribution in [2.75, 3.05) is 19.7 Å². The molecule has 2 rings (SSSR count). The van der Waals surface area contributed by atoms with Gasteiger partial charge in [-0.05, 0) is 18.1 Å². The van der Waals surface area contributed by atoms with Crippen LogP contribution in [0.3, 0.4) is 0 Å². The topological polar surface area (TPSA) is 46.6 Å². The van der Waals surface area contributed by atoms with Crippen LogP contribution in [0.4, 0.5) is 0 Å². The van der Waals surface area contributed by atoms with E-state index < -0.39 is 10.0 Å². The summed E-state index contributed by atoms with van der Waals surface area (Å²) in [5, 5.41) is 0. The molecule has 0 amide bonds. The van der Waals surface area contributed by atoms with Gasteiger partial charge in [-0.3, -0.25) is 0 Å². The summed E-state index contributed by atoms with van der Waals surface area (Å²) in [6.45, 7) is 3.21. The van der Waals surface area contributed by atoms with Crippen molar-refractivity contribution < 1.29 is 13.2 Å². The molecular weight excluding hydrogens is 286 g/mol. The first kappa shape index (κ1) is 14.8. The van der Waals surface area contributed by atoms with Crippen LogP contribution in [-0.4, -0.2) is 38.5 Å². The van der Waals surface area contributed by atoms with Crippen molar-refractivity contribution in [3.63, 3.8) is 0 Å². The standard InChI is InChI=1S/C13H18ClNO3S/c1-11-9-15(5-6-18-11)19(16,17)10-13-4-2-3-12(7-13)8-14/h2-4,7,11H,5-6,8-10H2,1H3. The molecule has 1 aromatic carbocycles. The van der Waals surface area contributed by atoms with Gasteiger partial charge in [0.2, 0.25) is 10.0 Å². The molecule has 19 heavy (non-hydrogen) atoms. The Morgan fingerprint density at radius 1 is 1.42 bits per heavy atom. The SMILES string of the molecule is CC1CN(S(=O)(=O)Cc2cccc(CCl)c2)CCO1. The fourth-order valence-electron chi connectivity index (χ4n) is 2.14. The van der Waals surface area contributed by atoms with E-state index in [4.69, 9.17) is 16.3 Å². The molecule has 0 saturated carbocycles. The number of morpholine rings is 1. The molecule has 1 aliphatic rings. The average molecular weight is 304 g/mol. The smallest absolute Gasteiger partial charge is 0.218 e. The molecule has 1 unspecified atom stereocenters. The highest BCUT2D eigenvalue weighted by Crippen LogP contribution is 2.16. The third-order valence-corrected chi connectivity index (χ3v) is 5.22. The second kappa shape index (κ2) is 6.22. The normalized spacial score (nSPS) is 21.5. The Balaban J connectivity index is 2.11. The van der Waals surface area contributed by atoms with Crippen molar-refractivity contribution >= 4 is 21.6 Å². The lowest BCUT2D eigenvalue weighted by atomic mass is 10.2. The lowest BCUT2D eigenvalue weighted by Crippen LogP contribution is -2.44. The van der Waals surface area contributed by atoms with E-state index in [1.807, 2.05) is 31.2 Å². The zero-order valence-electron chi connectivity index (χ0n) is 10.9. The number of ether oxygens (including phenoxy) is 1. The molecule has 0 radical (unpaired) electrons. The maximum absolute atomic E-state index is 12.3. The molecule has 1 atom stereocenters. The van der Waals surface area contributed by atoms with E-state index in [1.54, 1.807) is 0 Å². The van der Waals surface area contributed by atoms with Gasteiger partial charge in [-0.25, -0.2) is 8.42 Å². The minimum absolute atomic E-state index is 0.0183. The Morgan fingerprint density at radius 2 is 2.16 bits per heavy atom. The minimum Gasteiger partial charge on any atom is -0.376 e. The predicted octanol–water partition coefficient (Wildman–Crippen LogP) is 1.98. The van der Waals surface area contributed by atoms with E-state index in [1.165, 1.54) is 4.31 Å². The molecule has 0 aromatic heterocycles. The molecule has 106 valence electrons. The van der Waals surface area contributed by atoms with Crippen LogP contribution in [-0.2, 0) is 26.4 Å². The third-order valence-electron chi connectivity index (χ3n) is 3.09. The first-order valence-electron chi connectivity index (χ1n) is 6.24. The lowest BCUT2D eigenvalue weighted by Gasteiger charge is -2.30. The van der Waals surface area contributed by atoms with Crippen molar-refractivity contribution in [1.82, 2.24) is 4.31 Å². The van der Waals surface area contributed by atoms with Gasteiger partial charge in [0, 0.05) is 19.0 Å². The fraction of sp³-hybridized carbons (Fsp3) is 0.538. The molecule has 0 bridgehead atoms. The zero-order valence-corrected chi connectivity index (χ0v) is 12.5. The predicted molar refractivity (Wildman–Crippen MR) is 75.6 cm³/mol. The van der Waals surface area contributed by atoms with Gasteiger partial charge in [0.05, 0.1) is 18.5 Å². The molecule has 1 aliphatic heterocycles. The zero-order chi connectivity index (χ0) is 13.9. The van der Waals surface area contributed by atoms with E-state index in [0.717, 1.165) is 11.1 Å². The van der Waals surface area contributed by atoms with Crippen molar-refractivity contribution in [2.45, 2.75) is 24.7 Å². The van der Waals surface area contributed by atoms with Crippen LogP contribution in [0.1, 0.15) is 18.1 Å². The minimum atomic E-state index is -3.28. The third kappa shape index (κ3) is 3.92. The lowest BCUT2D eigenvalue weighted by molar-refractivity contribution is 0.0101.